The first kappa shape index (κ1) is 13.2. The SMILES string of the molecule is CCCC(C)Nc1cc(Cl)ccc1OCC. The molecule has 1 aromatic rings. The second-order valence-corrected chi connectivity index (χ2v) is 4.34. The van der Waals surface area contributed by atoms with Crippen LogP contribution in [0.2, 0.25) is 5.02 Å². The molecule has 0 amide bonds. The summed E-state index contributed by atoms with van der Waals surface area (Å²) < 4.78 is 5.55. The highest BCUT2D eigenvalue weighted by Crippen LogP contribution is 2.29. The lowest BCUT2D eigenvalue weighted by molar-refractivity contribution is 0.341. The molecule has 16 heavy (non-hydrogen) atoms. The summed E-state index contributed by atoms with van der Waals surface area (Å²) in [4.78, 5) is 0. The Morgan fingerprint density at radius 1 is 1.38 bits per heavy atom. The average Bonchev–Trinajstić information content (AvgIpc) is 2.22. The third-order valence-corrected chi connectivity index (χ3v) is 2.60. The Kier molecular flexibility index (Phi) is 5.47. The van der Waals surface area contributed by atoms with Crippen LogP contribution in [0.1, 0.15) is 33.6 Å². The van der Waals surface area contributed by atoms with Crippen LogP contribution in [0.25, 0.3) is 0 Å². The average molecular weight is 242 g/mol. The number of ether oxygens (including phenoxy) is 1. The molecule has 0 aliphatic carbocycles. The van der Waals surface area contributed by atoms with Gasteiger partial charge >= 0.3 is 0 Å². The van der Waals surface area contributed by atoms with Crippen LogP contribution in [-0.2, 0) is 0 Å². The number of halogens is 1. The van der Waals surface area contributed by atoms with Crippen molar-refractivity contribution in [1.82, 2.24) is 0 Å². The van der Waals surface area contributed by atoms with E-state index >= 15 is 0 Å². The molecule has 0 aromatic heterocycles. The van der Waals surface area contributed by atoms with Gasteiger partial charge in [0.05, 0.1) is 12.3 Å². The van der Waals surface area contributed by atoms with Gasteiger partial charge in [-0.2, -0.15) is 0 Å². The van der Waals surface area contributed by atoms with Crippen molar-refractivity contribution in [3.63, 3.8) is 0 Å². The molecule has 1 aromatic carbocycles. The Hall–Kier alpha value is -0.890. The van der Waals surface area contributed by atoms with Crippen molar-refractivity contribution in [2.24, 2.45) is 0 Å². The maximum Gasteiger partial charge on any atom is 0.142 e. The lowest BCUT2D eigenvalue weighted by atomic mass is 10.2. The summed E-state index contributed by atoms with van der Waals surface area (Å²) in [5.74, 6) is 0.870. The first-order valence-corrected chi connectivity index (χ1v) is 6.24. The van der Waals surface area contributed by atoms with E-state index in [2.05, 4.69) is 19.2 Å². The van der Waals surface area contributed by atoms with Crippen molar-refractivity contribution in [2.45, 2.75) is 39.7 Å². The van der Waals surface area contributed by atoms with Crippen LogP contribution in [-0.4, -0.2) is 12.6 Å². The highest BCUT2D eigenvalue weighted by molar-refractivity contribution is 6.30. The van der Waals surface area contributed by atoms with Crippen LogP contribution in [0.3, 0.4) is 0 Å². The monoisotopic (exact) mass is 241 g/mol. The van der Waals surface area contributed by atoms with Crippen molar-refractivity contribution in [1.29, 1.82) is 0 Å². The van der Waals surface area contributed by atoms with Crippen LogP contribution in [0, 0.1) is 0 Å². The van der Waals surface area contributed by atoms with Crippen LogP contribution in [0.4, 0.5) is 5.69 Å². The molecule has 0 saturated heterocycles. The molecule has 1 rings (SSSR count). The maximum atomic E-state index is 5.98. The van der Waals surface area contributed by atoms with Crippen molar-refractivity contribution in [2.75, 3.05) is 11.9 Å². The molecule has 0 fully saturated rings. The highest BCUT2D eigenvalue weighted by atomic mass is 35.5. The number of nitrogens with one attached hydrogen (secondary N) is 1. The molecule has 90 valence electrons. The summed E-state index contributed by atoms with van der Waals surface area (Å²) in [6.45, 7) is 6.99. The first-order chi connectivity index (χ1) is 7.67. The van der Waals surface area contributed by atoms with Gasteiger partial charge < -0.3 is 10.1 Å². The fourth-order valence-corrected chi connectivity index (χ4v) is 1.84. The zero-order valence-corrected chi connectivity index (χ0v) is 11.0. The number of anilines is 1. The molecule has 1 atom stereocenters. The molecule has 0 heterocycles. The number of rotatable bonds is 6. The van der Waals surface area contributed by atoms with E-state index in [-0.39, 0.29) is 0 Å². The minimum atomic E-state index is 0.433. The predicted molar refractivity (Wildman–Crippen MR) is 70.6 cm³/mol. The summed E-state index contributed by atoms with van der Waals surface area (Å²) in [7, 11) is 0. The minimum absolute atomic E-state index is 0.433. The van der Waals surface area contributed by atoms with Crippen molar-refractivity contribution in [3.05, 3.63) is 23.2 Å². The summed E-state index contributed by atoms with van der Waals surface area (Å²) in [6.07, 6.45) is 2.30. The zero-order chi connectivity index (χ0) is 12.0. The van der Waals surface area contributed by atoms with Crippen molar-refractivity contribution >= 4 is 17.3 Å². The second-order valence-electron chi connectivity index (χ2n) is 3.91. The third-order valence-electron chi connectivity index (χ3n) is 2.37. The summed E-state index contributed by atoms with van der Waals surface area (Å²) in [5.41, 5.74) is 0.982. The van der Waals surface area contributed by atoms with Gasteiger partial charge in [-0.15, -0.1) is 0 Å². The third kappa shape index (κ3) is 3.93. The number of benzene rings is 1. The fraction of sp³-hybridized carbons (Fsp3) is 0.538. The summed E-state index contributed by atoms with van der Waals surface area (Å²) >= 11 is 5.98. The molecule has 0 saturated carbocycles. The van der Waals surface area contributed by atoms with Gasteiger partial charge in [0.1, 0.15) is 5.75 Å². The summed E-state index contributed by atoms with van der Waals surface area (Å²) in [6, 6.07) is 6.11. The van der Waals surface area contributed by atoms with Gasteiger partial charge in [-0.05, 0) is 38.5 Å². The van der Waals surface area contributed by atoms with Crippen LogP contribution < -0.4 is 10.1 Å². The van der Waals surface area contributed by atoms with Gasteiger partial charge in [0, 0.05) is 11.1 Å². The molecule has 0 bridgehead atoms. The maximum absolute atomic E-state index is 5.98. The van der Waals surface area contributed by atoms with E-state index in [4.69, 9.17) is 16.3 Å². The zero-order valence-electron chi connectivity index (χ0n) is 10.2. The van der Waals surface area contributed by atoms with E-state index in [1.54, 1.807) is 0 Å². The van der Waals surface area contributed by atoms with E-state index < -0.39 is 0 Å². The molecular weight excluding hydrogens is 222 g/mol. The van der Waals surface area contributed by atoms with Gasteiger partial charge in [-0.3, -0.25) is 0 Å². The Bertz CT molecular complexity index is 328. The Morgan fingerprint density at radius 2 is 2.12 bits per heavy atom. The van der Waals surface area contributed by atoms with Crippen molar-refractivity contribution in [3.8, 4) is 5.75 Å². The lowest BCUT2D eigenvalue weighted by Gasteiger charge is -2.17. The van der Waals surface area contributed by atoms with E-state index in [1.807, 2.05) is 25.1 Å². The number of hydrogen-bond donors (Lipinski definition) is 1. The predicted octanol–water partition coefficient (Wildman–Crippen LogP) is 4.34. The lowest BCUT2D eigenvalue weighted by Crippen LogP contribution is -2.15. The smallest absolute Gasteiger partial charge is 0.142 e. The normalized spacial score (nSPS) is 12.2. The molecular formula is C13H20ClNO. The van der Waals surface area contributed by atoms with Crippen LogP contribution >= 0.6 is 11.6 Å². The van der Waals surface area contributed by atoms with Gasteiger partial charge in [-0.1, -0.05) is 24.9 Å². The molecule has 0 aliphatic heterocycles. The molecule has 0 spiro atoms. The van der Waals surface area contributed by atoms with Gasteiger partial charge in [-0.25, -0.2) is 0 Å². The Balaban J connectivity index is 2.78. The van der Waals surface area contributed by atoms with E-state index in [9.17, 15) is 0 Å². The molecule has 1 N–H and O–H groups in total. The Labute approximate surface area is 103 Å². The topological polar surface area (TPSA) is 21.3 Å². The number of hydrogen-bond acceptors (Lipinski definition) is 2. The summed E-state index contributed by atoms with van der Waals surface area (Å²) in [5, 5.41) is 4.16. The highest BCUT2D eigenvalue weighted by Gasteiger charge is 2.07. The molecule has 3 heteroatoms. The van der Waals surface area contributed by atoms with Crippen molar-refractivity contribution < 1.29 is 4.74 Å². The van der Waals surface area contributed by atoms with E-state index in [0.717, 1.165) is 22.9 Å². The standard InChI is InChI=1S/C13H20ClNO/c1-4-6-10(3)15-12-9-11(14)7-8-13(12)16-5-2/h7-10,15H,4-6H2,1-3H3. The second kappa shape index (κ2) is 6.64. The molecule has 0 radical (unpaired) electrons. The first-order valence-electron chi connectivity index (χ1n) is 5.86. The van der Waals surface area contributed by atoms with E-state index in [1.165, 1.54) is 6.42 Å². The van der Waals surface area contributed by atoms with Gasteiger partial charge in [0.15, 0.2) is 0 Å². The molecule has 2 nitrogen and oxygen atoms in total. The van der Waals surface area contributed by atoms with Gasteiger partial charge in [0.25, 0.3) is 0 Å². The van der Waals surface area contributed by atoms with Gasteiger partial charge in [0.2, 0.25) is 0 Å². The van der Waals surface area contributed by atoms with E-state index in [0.29, 0.717) is 12.6 Å². The molecule has 1 unspecified atom stereocenters. The molecule has 0 aliphatic rings. The van der Waals surface area contributed by atoms with Crippen LogP contribution in [0.15, 0.2) is 18.2 Å². The minimum Gasteiger partial charge on any atom is -0.492 e. The van der Waals surface area contributed by atoms with Crippen LogP contribution in [0.5, 0.6) is 5.75 Å². The largest absolute Gasteiger partial charge is 0.492 e. The Morgan fingerprint density at radius 3 is 2.75 bits per heavy atom. The fourth-order valence-electron chi connectivity index (χ4n) is 1.67. The quantitative estimate of drug-likeness (QED) is 0.800.